The fourth-order valence-electron chi connectivity index (χ4n) is 0.131. The summed E-state index contributed by atoms with van der Waals surface area (Å²) in [5, 5.41) is 0. The molecule has 0 aliphatic heterocycles. The minimum absolute atomic E-state index is 0.226. The van der Waals surface area contributed by atoms with Gasteiger partial charge in [0.25, 0.3) is 0 Å². The minimum Gasteiger partial charge on any atom is -0.369 e. The van der Waals surface area contributed by atoms with E-state index in [9.17, 15) is 4.79 Å². The summed E-state index contributed by atoms with van der Waals surface area (Å²) in [4.78, 5) is 10.0. The highest BCUT2D eigenvalue weighted by atomic mass is 16.1. The molecule has 1 amide bonds. The largest absolute Gasteiger partial charge is 0.369 e. The van der Waals surface area contributed by atoms with E-state index in [1.807, 2.05) is 0 Å². The number of hydrogen-bond donors (Lipinski definition) is 1. The molecule has 2 heteroatoms. The molecule has 0 rings (SSSR count). The normalized spacial score (nSPS) is 9.00. The van der Waals surface area contributed by atoms with Crippen molar-refractivity contribution >= 4 is 5.91 Å². The van der Waals surface area contributed by atoms with E-state index >= 15 is 0 Å². The first-order valence-corrected chi connectivity index (χ1v) is 1.62. The third-order valence-electron chi connectivity index (χ3n) is 0.330. The number of amides is 1. The lowest BCUT2D eigenvalue weighted by Crippen LogP contribution is -2.07. The van der Waals surface area contributed by atoms with Gasteiger partial charge in [0, 0.05) is 6.42 Å². The molecule has 0 fully saturated rings. The molecule has 2 nitrogen and oxygen atoms in total. The first-order valence-electron chi connectivity index (χ1n) is 2.12. The molecular weight excluding hydrogens is 78.0 g/mol. The van der Waals surface area contributed by atoms with Crippen LogP contribution in [0.2, 0.25) is 1.41 Å². The summed E-state index contributed by atoms with van der Waals surface area (Å²) in [6, 6.07) is 0. The Balaban J connectivity index is 3.17. The van der Waals surface area contributed by atoms with Crippen molar-refractivity contribution in [1.82, 2.24) is 0 Å². The second kappa shape index (κ2) is 2.45. The molecule has 0 aliphatic rings. The van der Waals surface area contributed by atoms with Crippen LogP contribution in [0.3, 0.4) is 0 Å². The molecule has 0 saturated carbocycles. The van der Waals surface area contributed by atoms with Crippen molar-refractivity contribution in [1.29, 1.82) is 0 Å². The van der Waals surface area contributed by atoms with Crippen molar-refractivity contribution in [3.8, 4) is 0 Å². The lowest BCUT2D eigenvalue weighted by Gasteiger charge is -1.76. The predicted molar refractivity (Wildman–Crippen MR) is 24.0 cm³/mol. The Hall–Kier alpha value is -0.790. The second-order valence-electron chi connectivity index (χ2n) is 0.916. The van der Waals surface area contributed by atoms with Crippen LogP contribution >= 0.6 is 0 Å². The monoisotopic (exact) mass is 86.1 g/mol. The third kappa shape index (κ3) is 3.21. The van der Waals surface area contributed by atoms with Crippen molar-refractivity contribution in [3.63, 3.8) is 0 Å². The van der Waals surface area contributed by atoms with E-state index in [0.717, 1.165) is 0 Å². The van der Waals surface area contributed by atoms with E-state index < -0.39 is 0 Å². The van der Waals surface area contributed by atoms with Crippen LogP contribution in [-0.4, -0.2) is 5.91 Å². The number of carbonyl (C=O) groups excluding carboxylic acids is 1. The zero-order chi connectivity index (χ0) is 5.70. The summed E-state index contributed by atoms with van der Waals surface area (Å²) in [5.41, 5.74) is 1.71. The van der Waals surface area contributed by atoms with Gasteiger partial charge in [0.1, 0.15) is 0 Å². The fourth-order valence-corrected chi connectivity index (χ4v) is 0.131. The average Bonchev–Trinajstić information content (AvgIpc) is 1.68. The number of nitrogens with two attached hydrogens (primary N) is 1. The van der Waals surface area contributed by atoms with E-state index in [4.69, 9.17) is 1.41 Å². The van der Waals surface area contributed by atoms with Crippen molar-refractivity contribution < 1.29 is 6.21 Å². The highest BCUT2D eigenvalue weighted by Gasteiger charge is 1.80. The van der Waals surface area contributed by atoms with Crippen LogP contribution in [0, 0.1) is 0 Å². The molecule has 0 aromatic heterocycles. The standard InChI is InChI=1S/C4H7NO/c1-2-3-4(5)6/h2H,1,3H2,(H2,5,6)/i/hD. The van der Waals surface area contributed by atoms with Gasteiger partial charge in [-0.15, -0.1) is 6.58 Å². The van der Waals surface area contributed by atoms with Crippen LogP contribution in [0.5, 0.6) is 0 Å². The maximum atomic E-state index is 10.0. The molecule has 34 valence electrons. The number of rotatable bonds is 2. The maximum absolute atomic E-state index is 10.0. The smallest absolute Gasteiger partial charge is 0.221 e. The lowest BCUT2D eigenvalue weighted by atomic mass is 10.4. The van der Waals surface area contributed by atoms with Gasteiger partial charge in [0.15, 0.2) is 1.41 Å². The summed E-state index contributed by atoms with van der Waals surface area (Å²) in [6.45, 7) is 3.30. The Kier molecular flexibility index (Phi) is 1.39. The SMILES string of the molecule is [2H]NC(=O)CC=C. The fraction of sp³-hybridized carbons (Fsp3) is 0.250. The predicted octanol–water partition coefficient (Wildman–Crippen LogP) is 0.0478. The van der Waals surface area contributed by atoms with E-state index in [-0.39, 0.29) is 12.3 Å². The Bertz CT molecular complexity index is 81.8. The molecule has 0 bridgehead atoms. The third-order valence-corrected chi connectivity index (χ3v) is 0.330. The van der Waals surface area contributed by atoms with E-state index in [1.54, 1.807) is 5.73 Å². The van der Waals surface area contributed by atoms with Crippen LogP contribution in [0.4, 0.5) is 0 Å². The first-order chi connectivity index (χ1) is 3.31. The average molecular weight is 86.1 g/mol. The van der Waals surface area contributed by atoms with Gasteiger partial charge in [-0.05, 0) is 0 Å². The Morgan fingerprint density at radius 1 is 2.33 bits per heavy atom. The Labute approximate surface area is 38.1 Å². The van der Waals surface area contributed by atoms with Gasteiger partial charge in [-0.3, -0.25) is 4.79 Å². The number of primary amides is 1. The quantitative estimate of drug-likeness (QED) is 0.474. The summed E-state index contributed by atoms with van der Waals surface area (Å²) >= 11 is 0. The molecule has 0 aliphatic carbocycles. The summed E-state index contributed by atoms with van der Waals surface area (Å²) < 4.78 is 6.26. The molecule has 6 heavy (non-hydrogen) atoms. The van der Waals surface area contributed by atoms with Gasteiger partial charge in [-0.25, -0.2) is 0 Å². The molecular formula is C4H7NO. The summed E-state index contributed by atoms with van der Waals surface area (Å²) in [5.74, 6) is -0.324. The van der Waals surface area contributed by atoms with Crippen LogP contribution in [0.15, 0.2) is 12.7 Å². The lowest BCUT2D eigenvalue weighted by molar-refractivity contribution is -0.117. The van der Waals surface area contributed by atoms with Crippen LogP contribution in [-0.2, 0) is 4.79 Å². The van der Waals surface area contributed by atoms with Gasteiger partial charge in [0.05, 0.1) is 0 Å². The molecule has 0 saturated heterocycles. The van der Waals surface area contributed by atoms with E-state index in [0.29, 0.717) is 0 Å². The van der Waals surface area contributed by atoms with Crippen LogP contribution in [0.25, 0.3) is 0 Å². The number of hydrogen-bond acceptors (Lipinski definition) is 1. The summed E-state index contributed by atoms with van der Waals surface area (Å²) in [7, 11) is 0. The van der Waals surface area contributed by atoms with E-state index in [2.05, 4.69) is 6.58 Å². The van der Waals surface area contributed by atoms with E-state index in [1.165, 1.54) is 6.08 Å². The van der Waals surface area contributed by atoms with Gasteiger partial charge in [-0.2, -0.15) is 0 Å². The van der Waals surface area contributed by atoms with Gasteiger partial charge in [0.2, 0.25) is 5.91 Å². The Morgan fingerprint density at radius 3 is 3.17 bits per heavy atom. The topological polar surface area (TPSA) is 43.1 Å². The van der Waals surface area contributed by atoms with Gasteiger partial charge < -0.3 is 5.73 Å². The van der Waals surface area contributed by atoms with Crippen LogP contribution < -0.4 is 5.73 Å². The van der Waals surface area contributed by atoms with Gasteiger partial charge >= 0.3 is 0 Å². The molecule has 0 aromatic rings. The minimum atomic E-state index is -0.324. The second-order valence-corrected chi connectivity index (χ2v) is 0.916. The van der Waals surface area contributed by atoms with Crippen molar-refractivity contribution in [3.05, 3.63) is 12.7 Å². The maximum Gasteiger partial charge on any atom is 0.221 e. The molecule has 2 N–H and O–H groups in total. The molecule has 0 radical (unpaired) electrons. The van der Waals surface area contributed by atoms with Crippen LogP contribution in [0.1, 0.15) is 6.42 Å². The first kappa shape index (κ1) is 3.40. The molecule has 0 aromatic carbocycles. The molecule has 0 atom stereocenters. The van der Waals surface area contributed by atoms with Crippen molar-refractivity contribution in [2.45, 2.75) is 6.42 Å². The Morgan fingerprint density at radius 2 is 3.00 bits per heavy atom. The van der Waals surface area contributed by atoms with Crippen molar-refractivity contribution in [2.24, 2.45) is 5.73 Å². The molecule has 0 spiro atoms. The zero-order valence-electron chi connectivity index (χ0n) is 4.40. The number of carbonyl (C=O) groups is 1. The zero-order valence-corrected chi connectivity index (χ0v) is 3.40. The molecule has 0 heterocycles. The highest BCUT2D eigenvalue weighted by Crippen LogP contribution is 1.71. The van der Waals surface area contributed by atoms with Gasteiger partial charge in [-0.1, -0.05) is 6.08 Å². The van der Waals surface area contributed by atoms with Crippen molar-refractivity contribution in [2.75, 3.05) is 0 Å². The molecule has 0 unspecified atom stereocenters. The summed E-state index contributed by atoms with van der Waals surface area (Å²) in [6.07, 6.45) is 1.67. The highest BCUT2D eigenvalue weighted by molar-refractivity contribution is 5.75.